The number of nitrogens with one attached hydrogen (secondary N) is 1. The van der Waals surface area contributed by atoms with Crippen molar-refractivity contribution in [3.05, 3.63) is 0 Å². The third kappa shape index (κ3) is 2.90. The summed E-state index contributed by atoms with van der Waals surface area (Å²) in [4.78, 5) is 0. The van der Waals surface area contributed by atoms with E-state index >= 15 is 0 Å². The highest BCUT2D eigenvalue weighted by atomic mass is 32.3. The second-order valence-electron chi connectivity index (χ2n) is 0.995. The van der Waals surface area contributed by atoms with E-state index in [9.17, 15) is 8.42 Å². The van der Waals surface area contributed by atoms with Gasteiger partial charge in [-0.05, 0) is 6.92 Å². The van der Waals surface area contributed by atoms with Gasteiger partial charge in [-0.2, -0.15) is 4.13 Å². The number of hydrogen-bond acceptors (Lipinski definition) is 3. The smallest absolute Gasteiger partial charge is 0.212 e. The van der Waals surface area contributed by atoms with E-state index in [1.54, 1.807) is 6.92 Å². The van der Waals surface area contributed by atoms with Crippen LogP contribution in [-0.4, -0.2) is 14.2 Å². The zero-order valence-electron chi connectivity index (χ0n) is 3.88. The highest BCUT2D eigenvalue weighted by Gasteiger charge is 1.98. The molecule has 0 unspecified atom stereocenters. The molecule has 0 rings (SSSR count). The minimum Gasteiger partial charge on any atom is -0.212 e. The van der Waals surface area contributed by atoms with Crippen LogP contribution in [0.1, 0.15) is 6.92 Å². The maximum Gasteiger partial charge on any atom is 0.220 e. The van der Waals surface area contributed by atoms with Crippen LogP contribution in [0.15, 0.2) is 0 Å². The van der Waals surface area contributed by atoms with Crippen LogP contribution < -0.4 is 4.13 Å². The molecule has 0 aromatic carbocycles. The van der Waals surface area contributed by atoms with Crippen molar-refractivity contribution < 1.29 is 8.42 Å². The Balaban J connectivity index is 3.89. The van der Waals surface area contributed by atoms with Crippen LogP contribution in [-0.2, 0) is 10.0 Å². The largest absolute Gasteiger partial charge is 0.220 e. The first-order valence-electron chi connectivity index (χ1n) is 1.76. The van der Waals surface area contributed by atoms with Crippen molar-refractivity contribution in [3.8, 4) is 0 Å². The Morgan fingerprint density at radius 2 is 2.14 bits per heavy atom. The van der Waals surface area contributed by atoms with Crippen LogP contribution >= 0.6 is 12.8 Å². The van der Waals surface area contributed by atoms with E-state index in [2.05, 4.69) is 12.8 Å². The molecule has 0 aliphatic carbocycles. The zero-order chi connectivity index (χ0) is 5.91. The van der Waals surface area contributed by atoms with Crippen molar-refractivity contribution in [2.24, 2.45) is 0 Å². The normalized spacial score (nSPS) is 11.7. The van der Waals surface area contributed by atoms with Crippen LogP contribution in [0.25, 0.3) is 0 Å². The van der Waals surface area contributed by atoms with Crippen LogP contribution in [0.3, 0.4) is 0 Å². The van der Waals surface area contributed by atoms with Gasteiger partial charge in [-0.3, -0.25) is 0 Å². The number of rotatable bonds is 2. The van der Waals surface area contributed by atoms with Crippen LogP contribution in [0, 0.1) is 0 Å². The molecule has 0 saturated heterocycles. The minimum atomic E-state index is -3.04. The molecule has 7 heavy (non-hydrogen) atoms. The topological polar surface area (TPSA) is 46.2 Å². The van der Waals surface area contributed by atoms with E-state index in [0.717, 1.165) is 0 Å². The van der Waals surface area contributed by atoms with Crippen molar-refractivity contribution in [3.63, 3.8) is 0 Å². The van der Waals surface area contributed by atoms with E-state index in [0.29, 0.717) is 0 Å². The zero-order valence-corrected chi connectivity index (χ0v) is 5.59. The SMILES string of the molecule is CCS(=O)(=O)NS. The lowest BCUT2D eigenvalue weighted by Gasteiger charge is -1.90. The van der Waals surface area contributed by atoms with Crippen molar-refractivity contribution >= 4 is 22.8 Å². The fourth-order valence-corrected chi connectivity index (χ4v) is 0.581. The summed E-state index contributed by atoms with van der Waals surface area (Å²) in [6.45, 7) is 1.54. The molecule has 0 aromatic rings. The second-order valence-corrected chi connectivity index (χ2v) is 3.53. The van der Waals surface area contributed by atoms with Crippen molar-refractivity contribution in [1.29, 1.82) is 0 Å². The minimum absolute atomic E-state index is 0.0799. The van der Waals surface area contributed by atoms with E-state index in [1.165, 1.54) is 0 Å². The summed E-state index contributed by atoms with van der Waals surface area (Å²) in [5.74, 6) is 0.0799. The Kier molecular flexibility index (Phi) is 2.63. The highest BCUT2D eigenvalue weighted by molar-refractivity contribution is 8.00. The Labute approximate surface area is 48.7 Å². The molecule has 0 radical (unpaired) electrons. The lowest BCUT2D eigenvalue weighted by Crippen LogP contribution is -2.14. The quantitative estimate of drug-likeness (QED) is 0.522. The van der Waals surface area contributed by atoms with Crippen molar-refractivity contribution in [2.75, 3.05) is 5.75 Å². The summed E-state index contributed by atoms with van der Waals surface area (Å²) in [5.41, 5.74) is 0. The maximum atomic E-state index is 10.2. The Morgan fingerprint density at radius 1 is 1.71 bits per heavy atom. The van der Waals surface area contributed by atoms with Gasteiger partial charge in [-0.1, -0.05) is 12.8 Å². The molecular formula is C2H7NO2S2. The molecule has 0 spiro atoms. The molecule has 5 heteroatoms. The Bertz CT molecular complexity index is 117. The molecule has 3 nitrogen and oxygen atoms in total. The molecular weight excluding hydrogens is 134 g/mol. The predicted octanol–water partition coefficient (Wildman–Crippen LogP) is -0.230. The molecule has 0 heterocycles. The molecule has 0 amide bonds. The van der Waals surface area contributed by atoms with Crippen LogP contribution in [0.4, 0.5) is 0 Å². The first-order valence-corrected chi connectivity index (χ1v) is 3.86. The monoisotopic (exact) mass is 141 g/mol. The van der Waals surface area contributed by atoms with Crippen molar-refractivity contribution in [1.82, 2.24) is 4.13 Å². The summed E-state index contributed by atoms with van der Waals surface area (Å²) in [6.07, 6.45) is 0. The summed E-state index contributed by atoms with van der Waals surface area (Å²) < 4.78 is 22.2. The fourth-order valence-electron chi connectivity index (χ4n) is 0.0645. The summed E-state index contributed by atoms with van der Waals surface area (Å²) in [7, 11) is -3.04. The van der Waals surface area contributed by atoms with Gasteiger partial charge in [0.25, 0.3) is 0 Å². The van der Waals surface area contributed by atoms with Crippen LogP contribution in [0.5, 0.6) is 0 Å². The van der Waals surface area contributed by atoms with Gasteiger partial charge in [-0.25, -0.2) is 8.42 Å². The molecule has 0 atom stereocenters. The lowest BCUT2D eigenvalue weighted by molar-refractivity contribution is 0.596. The molecule has 0 aliphatic heterocycles. The summed E-state index contributed by atoms with van der Waals surface area (Å²) in [6, 6.07) is 0. The molecule has 0 aromatic heterocycles. The van der Waals surface area contributed by atoms with Gasteiger partial charge in [0.05, 0.1) is 5.75 Å². The third-order valence-electron chi connectivity index (χ3n) is 0.519. The van der Waals surface area contributed by atoms with Crippen LogP contribution in [0.2, 0.25) is 0 Å². The third-order valence-corrected chi connectivity index (χ3v) is 2.39. The Hall–Kier alpha value is 0.260. The van der Waals surface area contributed by atoms with Crippen molar-refractivity contribution in [2.45, 2.75) is 6.92 Å². The number of sulfonamides is 1. The first kappa shape index (κ1) is 7.26. The average molecular weight is 141 g/mol. The molecule has 0 aliphatic rings. The summed E-state index contributed by atoms with van der Waals surface area (Å²) >= 11 is 3.34. The van der Waals surface area contributed by atoms with Gasteiger partial charge in [0, 0.05) is 0 Å². The van der Waals surface area contributed by atoms with Gasteiger partial charge in [0.2, 0.25) is 10.0 Å². The van der Waals surface area contributed by atoms with Gasteiger partial charge >= 0.3 is 0 Å². The average Bonchev–Trinajstić information content (AvgIpc) is 1.68. The second kappa shape index (κ2) is 2.54. The molecule has 0 bridgehead atoms. The summed E-state index contributed by atoms with van der Waals surface area (Å²) in [5, 5.41) is 0. The van der Waals surface area contributed by atoms with Gasteiger partial charge in [0.15, 0.2) is 0 Å². The standard InChI is InChI=1S/C2H7NO2S2/c1-2-7(4,5)3-6/h3,6H,2H2,1H3. The van der Waals surface area contributed by atoms with E-state index in [-0.39, 0.29) is 5.75 Å². The number of hydrogen-bond donors (Lipinski definition) is 2. The molecule has 0 fully saturated rings. The first-order chi connectivity index (χ1) is 3.12. The molecule has 0 saturated carbocycles. The maximum absolute atomic E-state index is 10.2. The lowest BCUT2D eigenvalue weighted by atomic mass is 11.0. The molecule has 1 N–H and O–H groups in total. The van der Waals surface area contributed by atoms with Gasteiger partial charge < -0.3 is 0 Å². The van der Waals surface area contributed by atoms with E-state index < -0.39 is 10.0 Å². The highest BCUT2D eigenvalue weighted by Crippen LogP contribution is 1.80. The fraction of sp³-hybridized carbons (Fsp3) is 1.00. The van der Waals surface area contributed by atoms with Gasteiger partial charge in [-0.15, -0.1) is 0 Å². The Morgan fingerprint density at radius 3 is 2.14 bits per heavy atom. The molecule has 44 valence electrons. The van der Waals surface area contributed by atoms with Gasteiger partial charge in [0.1, 0.15) is 0 Å². The number of thiol groups is 1. The van der Waals surface area contributed by atoms with E-state index in [4.69, 9.17) is 0 Å². The van der Waals surface area contributed by atoms with E-state index in [1.807, 2.05) is 4.13 Å². The predicted molar refractivity (Wildman–Crippen MR) is 31.6 cm³/mol.